The largest absolute Gasteiger partial charge is 0.465 e. The number of unbranched alkanes of at least 4 members (excludes halogenated alkanes) is 1. The molecular formula is C16H24O9S. The molecule has 26 heavy (non-hydrogen) atoms. The van der Waals surface area contributed by atoms with Gasteiger partial charge >= 0.3 is 17.9 Å². The van der Waals surface area contributed by atoms with Crippen LogP contribution in [0.5, 0.6) is 0 Å². The SMILES string of the molecule is C=C(C)C(=O)OCC(COC(=O)C(=C)C)C(=O)OCCCCS(=O)(=O)O. The molecule has 0 aliphatic heterocycles. The lowest BCUT2D eigenvalue weighted by molar-refractivity contribution is -0.158. The first-order chi connectivity index (χ1) is 11.9. The van der Waals surface area contributed by atoms with Crippen LogP contribution in [-0.4, -0.2) is 56.5 Å². The summed E-state index contributed by atoms with van der Waals surface area (Å²) >= 11 is 0. The zero-order valence-corrected chi connectivity index (χ0v) is 15.7. The van der Waals surface area contributed by atoms with Crippen LogP contribution in [0.25, 0.3) is 0 Å². The Morgan fingerprint density at radius 3 is 1.77 bits per heavy atom. The molecule has 0 aliphatic carbocycles. The van der Waals surface area contributed by atoms with E-state index in [4.69, 9.17) is 18.8 Å². The van der Waals surface area contributed by atoms with Crippen molar-refractivity contribution in [1.29, 1.82) is 0 Å². The lowest BCUT2D eigenvalue weighted by Crippen LogP contribution is -2.30. The van der Waals surface area contributed by atoms with E-state index in [9.17, 15) is 22.8 Å². The number of hydrogen-bond acceptors (Lipinski definition) is 8. The molecule has 0 heterocycles. The van der Waals surface area contributed by atoms with E-state index < -0.39 is 39.7 Å². The number of hydrogen-bond donors (Lipinski definition) is 1. The second-order valence-electron chi connectivity index (χ2n) is 5.62. The molecule has 1 N–H and O–H groups in total. The van der Waals surface area contributed by atoms with Gasteiger partial charge in [0.15, 0.2) is 0 Å². The van der Waals surface area contributed by atoms with E-state index in [1.165, 1.54) is 13.8 Å². The number of carbonyl (C=O) groups is 3. The quantitative estimate of drug-likeness (QED) is 0.170. The zero-order valence-electron chi connectivity index (χ0n) is 14.9. The van der Waals surface area contributed by atoms with Crippen molar-refractivity contribution in [3.05, 3.63) is 24.3 Å². The normalized spacial score (nSPS) is 10.9. The van der Waals surface area contributed by atoms with Crippen LogP contribution in [0.2, 0.25) is 0 Å². The lowest BCUT2D eigenvalue weighted by Gasteiger charge is -2.16. The third-order valence-corrected chi connectivity index (χ3v) is 3.71. The molecule has 0 rings (SSSR count). The molecule has 148 valence electrons. The third kappa shape index (κ3) is 11.4. The van der Waals surface area contributed by atoms with Gasteiger partial charge in [-0.2, -0.15) is 8.42 Å². The summed E-state index contributed by atoms with van der Waals surface area (Å²) in [5, 5.41) is 0. The van der Waals surface area contributed by atoms with Gasteiger partial charge in [0.05, 0.1) is 12.4 Å². The second-order valence-corrected chi connectivity index (χ2v) is 7.19. The highest BCUT2D eigenvalue weighted by Crippen LogP contribution is 2.07. The van der Waals surface area contributed by atoms with Crippen LogP contribution in [-0.2, 0) is 38.7 Å². The van der Waals surface area contributed by atoms with Gasteiger partial charge in [-0.15, -0.1) is 0 Å². The van der Waals surface area contributed by atoms with Crippen molar-refractivity contribution in [3.63, 3.8) is 0 Å². The van der Waals surface area contributed by atoms with Crippen LogP contribution in [0.3, 0.4) is 0 Å². The summed E-state index contributed by atoms with van der Waals surface area (Å²) in [5.41, 5.74) is 0.280. The van der Waals surface area contributed by atoms with Crippen LogP contribution in [0.1, 0.15) is 26.7 Å². The Morgan fingerprint density at radius 1 is 0.923 bits per heavy atom. The van der Waals surface area contributed by atoms with E-state index in [0.29, 0.717) is 0 Å². The second kappa shape index (κ2) is 11.4. The minimum absolute atomic E-state index is 0.103. The van der Waals surface area contributed by atoms with Gasteiger partial charge in [-0.25, -0.2) is 9.59 Å². The zero-order chi connectivity index (χ0) is 20.3. The fourth-order valence-corrected chi connectivity index (χ4v) is 2.03. The topological polar surface area (TPSA) is 133 Å². The molecule has 0 aromatic carbocycles. The van der Waals surface area contributed by atoms with E-state index in [0.717, 1.165) is 0 Å². The number of esters is 3. The summed E-state index contributed by atoms with van der Waals surface area (Å²) in [6.07, 6.45) is 0.307. The van der Waals surface area contributed by atoms with Gasteiger partial charge in [-0.3, -0.25) is 9.35 Å². The van der Waals surface area contributed by atoms with E-state index in [1.807, 2.05) is 0 Å². The Hall–Kier alpha value is -2.20. The summed E-state index contributed by atoms with van der Waals surface area (Å²) in [7, 11) is -4.07. The van der Waals surface area contributed by atoms with Crippen LogP contribution in [0.4, 0.5) is 0 Å². The minimum atomic E-state index is -4.07. The molecule has 0 saturated heterocycles. The number of ether oxygens (including phenoxy) is 3. The van der Waals surface area contributed by atoms with Gasteiger partial charge in [0.2, 0.25) is 0 Å². The Balaban J connectivity index is 4.56. The highest BCUT2D eigenvalue weighted by molar-refractivity contribution is 7.85. The molecular weight excluding hydrogens is 368 g/mol. The fraction of sp³-hybridized carbons (Fsp3) is 0.562. The summed E-state index contributed by atoms with van der Waals surface area (Å²) in [4.78, 5) is 34.9. The van der Waals surface area contributed by atoms with Crippen LogP contribution >= 0.6 is 0 Å². The summed E-state index contributed by atoms with van der Waals surface area (Å²) < 4.78 is 44.5. The summed E-state index contributed by atoms with van der Waals surface area (Å²) in [6.45, 7) is 8.83. The van der Waals surface area contributed by atoms with Crippen molar-refractivity contribution in [2.75, 3.05) is 25.6 Å². The molecule has 0 amide bonds. The minimum Gasteiger partial charge on any atom is -0.465 e. The maximum absolute atomic E-state index is 12.1. The van der Waals surface area contributed by atoms with Gasteiger partial charge in [0.1, 0.15) is 19.1 Å². The predicted octanol–water partition coefficient (Wildman–Crippen LogP) is 1.05. The first-order valence-corrected chi connectivity index (χ1v) is 9.32. The molecule has 9 nitrogen and oxygen atoms in total. The fourth-order valence-electron chi connectivity index (χ4n) is 1.46. The van der Waals surface area contributed by atoms with Crippen molar-refractivity contribution >= 4 is 28.0 Å². The third-order valence-electron chi connectivity index (χ3n) is 2.90. The van der Waals surface area contributed by atoms with Crippen LogP contribution < -0.4 is 0 Å². The van der Waals surface area contributed by atoms with Gasteiger partial charge in [-0.05, 0) is 26.7 Å². The number of carbonyl (C=O) groups excluding carboxylic acids is 3. The molecule has 0 bridgehead atoms. The lowest BCUT2D eigenvalue weighted by atomic mass is 10.2. The molecule has 10 heteroatoms. The molecule has 0 saturated carbocycles. The highest BCUT2D eigenvalue weighted by Gasteiger charge is 2.24. The maximum Gasteiger partial charge on any atom is 0.333 e. The standard InChI is InChI=1S/C16H24O9S/c1-11(2)14(17)24-9-13(10-25-15(18)12(3)4)16(19)23-7-5-6-8-26(20,21)22/h13H,1,3,5-10H2,2,4H3,(H,20,21,22). The van der Waals surface area contributed by atoms with Gasteiger partial charge in [0.25, 0.3) is 10.1 Å². The van der Waals surface area contributed by atoms with Gasteiger partial charge in [-0.1, -0.05) is 13.2 Å². The first kappa shape index (κ1) is 23.8. The van der Waals surface area contributed by atoms with Crippen molar-refractivity contribution in [1.82, 2.24) is 0 Å². The number of rotatable bonds is 12. The van der Waals surface area contributed by atoms with Crippen LogP contribution in [0, 0.1) is 5.92 Å². The monoisotopic (exact) mass is 392 g/mol. The molecule has 0 aliphatic rings. The highest BCUT2D eigenvalue weighted by atomic mass is 32.2. The van der Waals surface area contributed by atoms with E-state index in [2.05, 4.69) is 13.2 Å². The predicted molar refractivity (Wildman–Crippen MR) is 91.6 cm³/mol. The van der Waals surface area contributed by atoms with Crippen molar-refractivity contribution in [2.24, 2.45) is 5.92 Å². The molecule has 0 radical (unpaired) electrons. The Bertz CT molecular complexity index is 619. The Kier molecular flexibility index (Phi) is 10.5. The molecule has 0 aromatic heterocycles. The summed E-state index contributed by atoms with van der Waals surface area (Å²) in [6, 6.07) is 0. The van der Waals surface area contributed by atoms with E-state index >= 15 is 0 Å². The smallest absolute Gasteiger partial charge is 0.333 e. The van der Waals surface area contributed by atoms with E-state index in [-0.39, 0.29) is 43.8 Å². The molecule has 0 unspecified atom stereocenters. The maximum atomic E-state index is 12.1. The van der Waals surface area contributed by atoms with Crippen molar-refractivity contribution in [3.8, 4) is 0 Å². The van der Waals surface area contributed by atoms with Gasteiger partial charge < -0.3 is 14.2 Å². The summed E-state index contributed by atoms with van der Waals surface area (Å²) in [5.74, 6) is -3.69. The van der Waals surface area contributed by atoms with Crippen molar-refractivity contribution < 1.29 is 41.6 Å². The van der Waals surface area contributed by atoms with Crippen LogP contribution in [0.15, 0.2) is 24.3 Å². The molecule has 0 atom stereocenters. The van der Waals surface area contributed by atoms with Crippen molar-refractivity contribution in [2.45, 2.75) is 26.7 Å². The first-order valence-electron chi connectivity index (χ1n) is 7.71. The Morgan fingerprint density at radius 2 is 1.38 bits per heavy atom. The molecule has 0 fully saturated rings. The average molecular weight is 392 g/mol. The van der Waals surface area contributed by atoms with E-state index in [1.54, 1.807) is 0 Å². The van der Waals surface area contributed by atoms with Gasteiger partial charge in [0, 0.05) is 11.1 Å². The molecule has 0 spiro atoms. The molecule has 0 aromatic rings. The Labute approximate surface area is 152 Å². The average Bonchev–Trinajstić information content (AvgIpc) is 2.52.